The van der Waals surface area contributed by atoms with Gasteiger partial charge in [-0.2, -0.15) is 0 Å². The van der Waals surface area contributed by atoms with Crippen LogP contribution in [-0.2, 0) is 4.74 Å². The van der Waals surface area contributed by atoms with E-state index in [2.05, 4.69) is 31.3 Å². The van der Waals surface area contributed by atoms with Crippen LogP contribution in [0.15, 0.2) is 12.1 Å². The molecule has 1 aliphatic heterocycles. The third-order valence-corrected chi connectivity index (χ3v) is 3.48. The molecule has 1 saturated heterocycles. The number of benzene rings is 1. The highest BCUT2D eigenvalue weighted by Crippen LogP contribution is 2.25. The summed E-state index contributed by atoms with van der Waals surface area (Å²) < 4.78 is 5.19. The molecule has 0 aromatic heterocycles. The van der Waals surface area contributed by atoms with Crippen molar-refractivity contribution in [1.29, 1.82) is 0 Å². The quantitative estimate of drug-likeness (QED) is 0.890. The van der Waals surface area contributed by atoms with Gasteiger partial charge in [0, 0.05) is 17.5 Å². The van der Waals surface area contributed by atoms with E-state index in [1.54, 1.807) is 0 Å². The Labute approximate surface area is 109 Å². The Hall–Kier alpha value is -1.35. The van der Waals surface area contributed by atoms with Crippen LogP contribution in [0.1, 0.15) is 34.0 Å². The summed E-state index contributed by atoms with van der Waals surface area (Å²) in [6.45, 7) is 10.3. The van der Waals surface area contributed by atoms with Crippen molar-refractivity contribution in [2.45, 2.75) is 27.7 Å². The van der Waals surface area contributed by atoms with Crippen molar-refractivity contribution in [3.63, 3.8) is 0 Å². The molecular weight excluding hydrogens is 226 g/mol. The van der Waals surface area contributed by atoms with Crippen molar-refractivity contribution >= 4 is 5.91 Å². The molecule has 18 heavy (non-hydrogen) atoms. The second-order valence-corrected chi connectivity index (χ2v) is 5.76. The number of hydrogen-bond acceptors (Lipinski definition) is 2. The number of ether oxygens (including phenoxy) is 1. The van der Waals surface area contributed by atoms with Gasteiger partial charge in [0.1, 0.15) is 0 Å². The van der Waals surface area contributed by atoms with Crippen LogP contribution in [0.25, 0.3) is 0 Å². The summed E-state index contributed by atoms with van der Waals surface area (Å²) in [6.07, 6.45) is 0. The molecule has 1 N–H and O–H groups in total. The molecule has 98 valence electrons. The number of carbonyl (C=O) groups is 1. The third kappa shape index (κ3) is 2.56. The number of amides is 1. The normalized spacial score (nSPS) is 17.1. The van der Waals surface area contributed by atoms with Gasteiger partial charge in [-0.15, -0.1) is 0 Å². The van der Waals surface area contributed by atoms with Gasteiger partial charge in [-0.1, -0.05) is 24.6 Å². The van der Waals surface area contributed by atoms with Crippen LogP contribution in [0.4, 0.5) is 0 Å². The molecule has 0 radical (unpaired) electrons. The third-order valence-electron chi connectivity index (χ3n) is 3.48. The van der Waals surface area contributed by atoms with E-state index in [0.717, 1.165) is 29.9 Å². The number of aryl methyl sites for hydroxylation is 3. The second kappa shape index (κ2) is 4.73. The minimum atomic E-state index is 0.0260. The lowest BCUT2D eigenvalue weighted by molar-refractivity contribution is -0.0978. The maximum absolute atomic E-state index is 12.2. The van der Waals surface area contributed by atoms with Crippen LogP contribution in [0.5, 0.6) is 0 Å². The molecule has 2 rings (SSSR count). The van der Waals surface area contributed by atoms with E-state index >= 15 is 0 Å². The van der Waals surface area contributed by atoms with E-state index in [4.69, 9.17) is 4.74 Å². The fraction of sp³-hybridized carbons (Fsp3) is 0.533. The Bertz CT molecular complexity index is 452. The van der Waals surface area contributed by atoms with E-state index in [-0.39, 0.29) is 11.3 Å². The summed E-state index contributed by atoms with van der Waals surface area (Å²) in [4.78, 5) is 12.2. The lowest BCUT2D eigenvalue weighted by atomic mass is 9.88. The average molecular weight is 247 g/mol. The summed E-state index contributed by atoms with van der Waals surface area (Å²) in [7, 11) is 0. The summed E-state index contributed by atoms with van der Waals surface area (Å²) in [5, 5.41) is 3.02. The van der Waals surface area contributed by atoms with Crippen molar-refractivity contribution in [3.8, 4) is 0 Å². The summed E-state index contributed by atoms with van der Waals surface area (Å²) >= 11 is 0. The summed E-state index contributed by atoms with van der Waals surface area (Å²) in [6, 6.07) is 4.10. The smallest absolute Gasteiger partial charge is 0.251 e. The van der Waals surface area contributed by atoms with Gasteiger partial charge >= 0.3 is 0 Å². The maximum atomic E-state index is 12.2. The highest BCUT2D eigenvalue weighted by Gasteiger charge is 2.33. The zero-order valence-electron chi connectivity index (χ0n) is 11.6. The largest absolute Gasteiger partial charge is 0.380 e. The topological polar surface area (TPSA) is 38.3 Å². The molecule has 1 aromatic carbocycles. The van der Waals surface area contributed by atoms with Gasteiger partial charge in [0.2, 0.25) is 0 Å². The Morgan fingerprint density at radius 1 is 1.28 bits per heavy atom. The van der Waals surface area contributed by atoms with Crippen LogP contribution in [0.3, 0.4) is 0 Å². The molecule has 0 aliphatic carbocycles. The van der Waals surface area contributed by atoms with Gasteiger partial charge in [0.05, 0.1) is 13.2 Å². The van der Waals surface area contributed by atoms with Gasteiger partial charge in [-0.05, 0) is 31.9 Å². The number of rotatable bonds is 3. The molecule has 0 bridgehead atoms. The minimum Gasteiger partial charge on any atom is -0.380 e. The molecule has 3 nitrogen and oxygen atoms in total. The van der Waals surface area contributed by atoms with Gasteiger partial charge in [0.25, 0.3) is 5.91 Å². The molecule has 1 aliphatic rings. The highest BCUT2D eigenvalue weighted by atomic mass is 16.5. The monoisotopic (exact) mass is 247 g/mol. The Morgan fingerprint density at radius 2 is 1.83 bits per heavy atom. The van der Waals surface area contributed by atoms with Crippen LogP contribution in [0.2, 0.25) is 0 Å². The van der Waals surface area contributed by atoms with Gasteiger partial charge in [-0.25, -0.2) is 0 Å². The number of hydrogen-bond donors (Lipinski definition) is 1. The molecule has 0 spiro atoms. The van der Waals surface area contributed by atoms with Crippen molar-refractivity contribution in [1.82, 2.24) is 5.32 Å². The molecule has 0 saturated carbocycles. The predicted octanol–water partition coefficient (Wildman–Crippen LogP) is 2.38. The van der Waals surface area contributed by atoms with E-state index < -0.39 is 0 Å². The van der Waals surface area contributed by atoms with E-state index in [1.807, 2.05) is 13.8 Å². The predicted molar refractivity (Wildman–Crippen MR) is 71.9 cm³/mol. The lowest BCUT2D eigenvalue weighted by Crippen LogP contribution is -2.48. The van der Waals surface area contributed by atoms with E-state index in [0.29, 0.717) is 6.54 Å². The number of carbonyl (C=O) groups excluding carboxylic acids is 1. The summed E-state index contributed by atoms with van der Waals surface area (Å²) in [5.41, 5.74) is 4.20. The fourth-order valence-electron chi connectivity index (χ4n) is 2.47. The maximum Gasteiger partial charge on any atom is 0.251 e. The standard InChI is InChI=1S/C15H21NO2/c1-10-5-11(2)13(12(3)6-10)14(17)16-7-15(4)8-18-9-15/h5-6H,7-9H2,1-4H3,(H,16,17). The first kappa shape index (κ1) is 13.1. The second-order valence-electron chi connectivity index (χ2n) is 5.76. The van der Waals surface area contributed by atoms with Gasteiger partial charge in [-0.3, -0.25) is 4.79 Å². The van der Waals surface area contributed by atoms with Crippen molar-refractivity contribution in [3.05, 3.63) is 34.4 Å². The average Bonchev–Trinajstić information content (AvgIpc) is 2.22. The molecule has 0 atom stereocenters. The zero-order valence-corrected chi connectivity index (χ0v) is 11.6. The van der Waals surface area contributed by atoms with E-state index in [1.165, 1.54) is 5.56 Å². The zero-order chi connectivity index (χ0) is 13.3. The molecule has 1 fully saturated rings. The molecule has 0 unspecified atom stereocenters. The first-order chi connectivity index (χ1) is 8.41. The van der Waals surface area contributed by atoms with E-state index in [9.17, 15) is 4.79 Å². The molecule has 1 aromatic rings. The highest BCUT2D eigenvalue weighted by molar-refractivity contribution is 5.97. The first-order valence-corrected chi connectivity index (χ1v) is 6.35. The van der Waals surface area contributed by atoms with Crippen molar-refractivity contribution in [2.24, 2.45) is 5.41 Å². The lowest BCUT2D eigenvalue weighted by Gasteiger charge is -2.38. The summed E-state index contributed by atoms with van der Waals surface area (Å²) in [5.74, 6) is 0.0260. The van der Waals surface area contributed by atoms with Crippen LogP contribution >= 0.6 is 0 Å². The van der Waals surface area contributed by atoms with Crippen molar-refractivity contribution < 1.29 is 9.53 Å². The Morgan fingerprint density at radius 3 is 2.28 bits per heavy atom. The van der Waals surface area contributed by atoms with Crippen LogP contribution in [0, 0.1) is 26.2 Å². The molecule has 1 amide bonds. The Balaban J connectivity index is 2.09. The SMILES string of the molecule is Cc1cc(C)c(C(=O)NCC2(C)COC2)c(C)c1. The van der Waals surface area contributed by atoms with Crippen molar-refractivity contribution in [2.75, 3.05) is 19.8 Å². The van der Waals surface area contributed by atoms with Crippen LogP contribution < -0.4 is 5.32 Å². The van der Waals surface area contributed by atoms with Crippen LogP contribution in [-0.4, -0.2) is 25.7 Å². The molecule has 1 heterocycles. The number of nitrogens with one attached hydrogen (secondary N) is 1. The van der Waals surface area contributed by atoms with Gasteiger partial charge in [0.15, 0.2) is 0 Å². The first-order valence-electron chi connectivity index (χ1n) is 6.35. The minimum absolute atomic E-state index is 0.0260. The fourth-order valence-corrected chi connectivity index (χ4v) is 2.47. The Kier molecular flexibility index (Phi) is 3.44. The molecular formula is C15H21NO2. The van der Waals surface area contributed by atoms with Gasteiger partial charge < -0.3 is 10.1 Å². The molecule has 3 heteroatoms.